The number of aryl methyl sites for hydroxylation is 1. The third kappa shape index (κ3) is 5.70. The Hall–Kier alpha value is -2.45. The molecule has 0 radical (unpaired) electrons. The number of carbonyl (C=O) groups excluding carboxylic acids is 1. The molecule has 7 nitrogen and oxygen atoms in total. The smallest absolute Gasteiger partial charge is 0.320 e. The minimum absolute atomic E-state index is 0.0513. The summed E-state index contributed by atoms with van der Waals surface area (Å²) in [7, 11) is 0. The summed E-state index contributed by atoms with van der Waals surface area (Å²) in [6.45, 7) is 9.97. The average Bonchev–Trinajstić information content (AvgIpc) is 2.86. The number of pyridine rings is 1. The zero-order chi connectivity index (χ0) is 25.0. The van der Waals surface area contributed by atoms with Gasteiger partial charge in [0.2, 0.25) is 0 Å². The van der Waals surface area contributed by atoms with Crippen LogP contribution < -0.4 is 4.73 Å². The van der Waals surface area contributed by atoms with Crippen LogP contribution in [0.5, 0.6) is 0 Å². The molecule has 0 spiro atoms. The summed E-state index contributed by atoms with van der Waals surface area (Å²) in [6, 6.07) is 11.8. The van der Waals surface area contributed by atoms with Crippen LogP contribution in [-0.2, 0) is 4.84 Å². The average molecular weight is 544 g/mol. The lowest BCUT2D eigenvalue weighted by Crippen LogP contribution is -2.57. The fourth-order valence-electron chi connectivity index (χ4n) is 5.32. The second-order valence-corrected chi connectivity index (χ2v) is 10.7. The van der Waals surface area contributed by atoms with Crippen LogP contribution in [0.2, 0.25) is 0 Å². The molecule has 2 saturated heterocycles. The van der Waals surface area contributed by atoms with Gasteiger partial charge in [0, 0.05) is 40.6 Å². The molecule has 0 N–H and O–H groups in total. The van der Waals surface area contributed by atoms with Crippen LogP contribution in [0, 0.1) is 18.0 Å². The van der Waals surface area contributed by atoms with Crippen molar-refractivity contribution in [3.05, 3.63) is 69.1 Å². The van der Waals surface area contributed by atoms with Gasteiger partial charge in [-0.2, -0.15) is 4.73 Å². The quantitative estimate of drug-likeness (QED) is 0.232. The molecule has 4 rings (SSSR count). The van der Waals surface area contributed by atoms with Gasteiger partial charge in [0.05, 0.1) is 5.71 Å². The van der Waals surface area contributed by atoms with Gasteiger partial charge in [-0.25, -0.2) is 0 Å². The summed E-state index contributed by atoms with van der Waals surface area (Å²) in [5.41, 5.74) is 3.17. The molecule has 0 aliphatic carbocycles. The Morgan fingerprint density at radius 2 is 1.83 bits per heavy atom. The maximum atomic E-state index is 13.1. The van der Waals surface area contributed by atoms with E-state index in [9.17, 15) is 10.0 Å². The van der Waals surface area contributed by atoms with Crippen molar-refractivity contribution in [3.8, 4) is 0 Å². The first-order valence-corrected chi connectivity index (χ1v) is 13.3. The van der Waals surface area contributed by atoms with Crippen LogP contribution in [0.15, 0.2) is 52.2 Å². The van der Waals surface area contributed by atoms with Gasteiger partial charge in [-0.3, -0.25) is 9.69 Å². The predicted molar refractivity (Wildman–Crippen MR) is 140 cm³/mol. The summed E-state index contributed by atoms with van der Waals surface area (Å²) < 4.78 is 1.75. The molecule has 35 heavy (non-hydrogen) atoms. The zero-order valence-electron chi connectivity index (χ0n) is 20.9. The molecule has 1 amide bonds. The monoisotopic (exact) mass is 542 g/mol. The fourth-order valence-corrected chi connectivity index (χ4v) is 5.59. The molecule has 2 aliphatic rings. The summed E-state index contributed by atoms with van der Waals surface area (Å²) in [4.78, 5) is 23.0. The van der Waals surface area contributed by atoms with E-state index in [0.717, 1.165) is 60.1 Å². The second-order valence-electron chi connectivity index (χ2n) is 9.82. The fraction of sp³-hybridized carbons (Fsp3) is 0.519. The Kier molecular flexibility index (Phi) is 8.12. The Labute approximate surface area is 216 Å². The lowest BCUT2D eigenvalue weighted by atomic mass is 9.82. The number of likely N-dealkylation sites (tertiary alicyclic amines) is 2. The third-order valence-corrected chi connectivity index (χ3v) is 8.10. The number of amides is 1. The molecule has 2 fully saturated rings. The van der Waals surface area contributed by atoms with Crippen molar-refractivity contribution < 1.29 is 14.4 Å². The number of halogens is 1. The summed E-state index contributed by atoms with van der Waals surface area (Å²) >= 11 is 3.52. The Morgan fingerprint density at radius 3 is 2.43 bits per heavy atom. The van der Waals surface area contributed by atoms with E-state index in [4.69, 9.17) is 4.84 Å². The van der Waals surface area contributed by atoms with Crippen molar-refractivity contribution in [2.45, 2.75) is 52.0 Å². The molecule has 8 heteroatoms. The third-order valence-electron chi connectivity index (χ3n) is 7.57. The molecule has 2 aromatic rings. The standard InChI is InChI=1S/C27H35BrN4O3/c1-4-35-29-24(21-7-9-23(28)10-8-21)22-11-16-31(17-12-22)27(3)13-18-30(19-14-27)26(33)25-20(2)6-5-15-32(25)34/h5-10,15,22H,4,11-14,16-19H2,1-3H3/b29-24-. The molecular formula is C27H35BrN4O3. The largest absolute Gasteiger partial charge is 0.618 e. The summed E-state index contributed by atoms with van der Waals surface area (Å²) in [6.07, 6.45) is 5.26. The highest BCUT2D eigenvalue weighted by Gasteiger charge is 2.40. The molecule has 0 bridgehead atoms. The number of piperidine rings is 2. The number of carbonyl (C=O) groups is 1. The molecule has 1 aromatic carbocycles. The van der Waals surface area contributed by atoms with E-state index >= 15 is 0 Å². The molecule has 2 aliphatic heterocycles. The van der Waals surface area contributed by atoms with Crippen molar-refractivity contribution >= 4 is 27.5 Å². The van der Waals surface area contributed by atoms with Crippen LogP contribution in [0.1, 0.15) is 61.1 Å². The van der Waals surface area contributed by atoms with Gasteiger partial charge >= 0.3 is 5.91 Å². The molecule has 0 saturated carbocycles. The Morgan fingerprint density at radius 1 is 1.17 bits per heavy atom. The van der Waals surface area contributed by atoms with Crippen molar-refractivity contribution in [1.82, 2.24) is 9.80 Å². The van der Waals surface area contributed by atoms with E-state index in [2.05, 4.69) is 45.0 Å². The Bertz CT molecular complexity index is 1040. The van der Waals surface area contributed by atoms with Gasteiger partial charge in [-0.1, -0.05) is 33.2 Å². The normalized spacial score (nSPS) is 19.5. The topological polar surface area (TPSA) is 72.1 Å². The first kappa shape index (κ1) is 25.6. The van der Waals surface area contributed by atoms with Crippen LogP contribution in [0.4, 0.5) is 0 Å². The zero-order valence-corrected chi connectivity index (χ0v) is 22.5. The number of oxime groups is 1. The molecule has 0 atom stereocenters. The van der Waals surface area contributed by atoms with Crippen molar-refractivity contribution in [2.75, 3.05) is 32.8 Å². The van der Waals surface area contributed by atoms with E-state index in [1.807, 2.05) is 36.9 Å². The van der Waals surface area contributed by atoms with Crippen molar-refractivity contribution in [1.29, 1.82) is 0 Å². The highest BCUT2D eigenvalue weighted by molar-refractivity contribution is 9.10. The van der Waals surface area contributed by atoms with Gasteiger partial charge in [0.25, 0.3) is 5.69 Å². The number of nitrogens with zero attached hydrogens (tertiary/aromatic N) is 4. The predicted octanol–water partition coefficient (Wildman–Crippen LogP) is 4.54. The first-order chi connectivity index (χ1) is 16.8. The lowest BCUT2D eigenvalue weighted by Gasteiger charge is -2.49. The maximum absolute atomic E-state index is 13.1. The van der Waals surface area contributed by atoms with Crippen LogP contribution in [0.3, 0.4) is 0 Å². The van der Waals surface area contributed by atoms with Gasteiger partial charge < -0.3 is 14.9 Å². The minimum Gasteiger partial charge on any atom is -0.618 e. The number of hydrogen-bond acceptors (Lipinski definition) is 5. The maximum Gasteiger partial charge on any atom is 0.320 e. The van der Waals surface area contributed by atoms with Crippen molar-refractivity contribution in [2.24, 2.45) is 11.1 Å². The lowest BCUT2D eigenvalue weighted by molar-refractivity contribution is -0.608. The molecule has 3 heterocycles. The minimum atomic E-state index is -0.162. The highest BCUT2D eigenvalue weighted by atomic mass is 79.9. The SMILES string of the molecule is CCO/N=C(/c1ccc(Br)cc1)C1CCN(C2(C)CCN(C(=O)c3c(C)ccc[n+]3[O-])CC2)CC1. The molecule has 1 aromatic heterocycles. The molecular weight excluding hydrogens is 508 g/mol. The van der Waals surface area contributed by atoms with Crippen LogP contribution in [-0.4, -0.2) is 59.7 Å². The number of benzene rings is 1. The van der Waals surface area contributed by atoms with Crippen LogP contribution >= 0.6 is 15.9 Å². The van der Waals surface area contributed by atoms with Gasteiger partial charge in [-0.05, 0) is 83.3 Å². The van der Waals surface area contributed by atoms with Gasteiger partial charge in [0.15, 0.2) is 6.20 Å². The van der Waals surface area contributed by atoms with E-state index in [1.54, 1.807) is 6.07 Å². The van der Waals surface area contributed by atoms with Crippen molar-refractivity contribution in [3.63, 3.8) is 0 Å². The highest BCUT2D eigenvalue weighted by Crippen LogP contribution is 2.34. The summed E-state index contributed by atoms with van der Waals surface area (Å²) in [5.74, 6) is 0.197. The van der Waals surface area contributed by atoms with E-state index in [0.29, 0.717) is 30.3 Å². The first-order valence-electron chi connectivity index (χ1n) is 12.5. The van der Waals surface area contributed by atoms with E-state index in [1.165, 1.54) is 6.20 Å². The van der Waals surface area contributed by atoms with Gasteiger partial charge in [-0.15, -0.1) is 0 Å². The van der Waals surface area contributed by atoms with Gasteiger partial charge in [0.1, 0.15) is 6.61 Å². The van der Waals surface area contributed by atoms with Crippen LogP contribution in [0.25, 0.3) is 0 Å². The Balaban J connectivity index is 1.38. The van der Waals surface area contributed by atoms with E-state index < -0.39 is 0 Å². The molecule has 188 valence electrons. The second kappa shape index (κ2) is 11.1. The summed E-state index contributed by atoms with van der Waals surface area (Å²) in [5, 5.41) is 16.7. The number of hydrogen-bond donors (Lipinski definition) is 0. The number of aromatic nitrogens is 1. The van der Waals surface area contributed by atoms with E-state index in [-0.39, 0.29) is 17.1 Å². The number of rotatable bonds is 6. The molecule has 0 unspecified atom stereocenters.